The van der Waals surface area contributed by atoms with Crippen LogP contribution in [0.3, 0.4) is 0 Å². The second-order valence-electron chi connectivity index (χ2n) is 9.12. The van der Waals surface area contributed by atoms with Crippen molar-refractivity contribution in [2.45, 2.75) is 43.0 Å². The first-order valence-electron chi connectivity index (χ1n) is 10.4. The lowest BCUT2D eigenvalue weighted by Gasteiger charge is -2.58. The van der Waals surface area contributed by atoms with Crippen molar-refractivity contribution < 1.29 is 13.3 Å². The van der Waals surface area contributed by atoms with E-state index in [2.05, 4.69) is 4.90 Å². The standard InChI is InChI=1S/C20H27N3O4S/c24-23(25)18-2-1-3-19(13-18)28(26,27)22-6-4-21(5-7-22)20-16-9-14-8-15(11-16)12-17(20)10-14/h1-3,13-17,20H,4-12H2. The van der Waals surface area contributed by atoms with Crippen molar-refractivity contribution in [2.24, 2.45) is 23.7 Å². The molecular formula is C20H27N3O4S. The molecule has 8 heteroatoms. The van der Waals surface area contributed by atoms with E-state index in [0.717, 1.165) is 36.8 Å². The van der Waals surface area contributed by atoms with E-state index in [-0.39, 0.29) is 10.6 Å². The lowest BCUT2D eigenvalue weighted by atomic mass is 9.54. The van der Waals surface area contributed by atoms with E-state index in [1.54, 1.807) is 0 Å². The van der Waals surface area contributed by atoms with Gasteiger partial charge in [0.15, 0.2) is 0 Å². The highest BCUT2D eigenvalue weighted by molar-refractivity contribution is 7.89. The molecule has 1 aromatic carbocycles. The summed E-state index contributed by atoms with van der Waals surface area (Å²) >= 11 is 0. The van der Waals surface area contributed by atoms with Gasteiger partial charge < -0.3 is 0 Å². The van der Waals surface area contributed by atoms with Crippen LogP contribution >= 0.6 is 0 Å². The van der Waals surface area contributed by atoms with Gasteiger partial charge in [0.1, 0.15) is 0 Å². The van der Waals surface area contributed by atoms with Gasteiger partial charge in [0, 0.05) is 44.4 Å². The average molecular weight is 406 g/mol. The van der Waals surface area contributed by atoms with Gasteiger partial charge >= 0.3 is 0 Å². The molecule has 1 saturated heterocycles. The average Bonchev–Trinajstić information content (AvgIpc) is 2.67. The molecule has 0 radical (unpaired) electrons. The Morgan fingerprint density at radius 3 is 2.11 bits per heavy atom. The molecule has 0 atom stereocenters. The molecule has 0 aromatic heterocycles. The minimum atomic E-state index is -3.69. The first-order valence-corrected chi connectivity index (χ1v) is 11.8. The van der Waals surface area contributed by atoms with E-state index in [9.17, 15) is 18.5 Å². The van der Waals surface area contributed by atoms with Crippen molar-refractivity contribution in [3.05, 3.63) is 34.4 Å². The predicted molar refractivity (Wildman–Crippen MR) is 104 cm³/mol. The second-order valence-corrected chi connectivity index (χ2v) is 11.1. The lowest BCUT2D eigenvalue weighted by Crippen LogP contribution is -2.60. The molecule has 1 aliphatic heterocycles. The summed E-state index contributed by atoms with van der Waals surface area (Å²) in [7, 11) is -3.69. The number of nitro benzene ring substituents is 1. The van der Waals surface area contributed by atoms with Crippen molar-refractivity contribution in [3.63, 3.8) is 0 Å². The number of nitrogens with zero attached hydrogens (tertiary/aromatic N) is 3. The molecule has 0 amide bonds. The number of rotatable bonds is 4. The molecule has 0 unspecified atom stereocenters. The van der Waals surface area contributed by atoms with Crippen LogP contribution in [0.15, 0.2) is 29.2 Å². The molecule has 4 aliphatic carbocycles. The number of piperazine rings is 1. The number of sulfonamides is 1. The molecule has 1 aromatic rings. The summed E-state index contributed by atoms with van der Waals surface area (Å²) in [4.78, 5) is 13.0. The molecule has 1 heterocycles. The Morgan fingerprint density at radius 2 is 1.54 bits per heavy atom. The maximum Gasteiger partial charge on any atom is 0.270 e. The number of hydrogen-bond donors (Lipinski definition) is 0. The number of nitro groups is 1. The molecular weight excluding hydrogens is 378 g/mol. The Bertz CT molecular complexity index is 851. The fraction of sp³-hybridized carbons (Fsp3) is 0.700. The number of hydrogen-bond acceptors (Lipinski definition) is 5. The van der Waals surface area contributed by atoms with Gasteiger partial charge in [-0.3, -0.25) is 15.0 Å². The molecule has 152 valence electrons. The van der Waals surface area contributed by atoms with Gasteiger partial charge in [-0.1, -0.05) is 6.07 Å². The van der Waals surface area contributed by atoms with Crippen molar-refractivity contribution >= 4 is 15.7 Å². The summed E-state index contributed by atoms with van der Waals surface area (Å²) < 4.78 is 27.4. The van der Waals surface area contributed by atoms with Crippen molar-refractivity contribution in [1.29, 1.82) is 0 Å². The van der Waals surface area contributed by atoms with Crippen LogP contribution in [0.5, 0.6) is 0 Å². The minimum absolute atomic E-state index is 0.0183. The Labute approximate surface area is 165 Å². The molecule has 7 nitrogen and oxygen atoms in total. The van der Waals surface area contributed by atoms with E-state index in [0.29, 0.717) is 19.1 Å². The maximum atomic E-state index is 13.0. The maximum absolute atomic E-state index is 13.0. The molecule has 0 spiro atoms. The van der Waals surface area contributed by atoms with Crippen LogP contribution in [-0.4, -0.2) is 54.8 Å². The summed E-state index contributed by atoms with van der Waals surface area (Å²) in [6.07, 6.45) is 6.90. The largest absolute Gasteiger partial charge is 0.297 e. The lowest BCUT2D eigenvalue weighted by molar-refractivity contribution is -0.385. The zero-order chi connectivity index (χ0) is 19.5. The molecule has 4 saturated carbocycles. The van der Waals surface area contributed by atoms with Gasteiger partial charge in [0.25, 0.3) is 5.69 Å². The summed E-state index contributed by atoms with van der Waals surface area (Å²) in [5, 5.41) is 11.0. The highest BCUT2D eigenvalue weighted by atomic mass is 32.2. The number of non-ortho nitro benzene ring substituents is 1. The van der Waals surface area contributed by atoms with Crippen LogP contribution in [0.1, 0.15) is 32.1 Å². The Balaban J connectivity index is 1.28. The molecule has 6 rings (SSSR count). The zero-order valence-electron chi connectivity index (χ0n) is 15.9. The molecule has 0 N–H and O–H groups in total. The van der Waals surface area contributed by atoms with Crippen molar-refractivity contribution in [2.75, 3.05) is 26.2 Å². The van der Waals surface area contributed by atoms with E-state index in [1.807, 2.05) is 0 Å². The molecule has 28 heavy (non-hydrogen) atoms. The van der Waals surface area contributed by atoms with Gasteiger partial charge in [0.05, 0.1) is 9.82 Å². The van der Waals surface area contributed by atoms with Gasteiger partial charge in [-0.2, -0.15) is 4.31 Å². The van der Waals surface area contributed by atoms with E-state index >= 15 is 0 Å². The SMILES string of the molecule is O=[N+]([O-])c1cccc(S(=O)(=O)N2CCN(C3C4CC5CC(C4)CC3C5)CC2)c1. The fourth-order valence-corrected chi connectivity index (χ4v) is 8.10. The van der Waals surface area contributed by atoms with Crippen LogP contribution in [-0.2, 0) is 10.0 Å². The third kappa shape index (κ3) is 3.06. The van der Waals surface area contributed by atoms with Crippen LogP contribution in [0.2, 0.25) is 0 Å². The van der Waals surface area contributed by atoms with Crippen LogP contribution < -0.4 is 0 Å². The van der Waals surface area contributed by atoms with Crippen molar-refractivity contribution in [1.82, 2.24) is 9.21 Å². The summed E-state index contributed by atoms with van der Waals surface area (Å²) in [6.45, 7) is 2.46. The second kappa shape index (κ2) is 6.78. The van der Waals surface area contributed by atoms with E-state index in [4.69, 9.17) is 0 Å². The Kier molecular flexibility index (Phi) is 4.48. The fourth-order valence-electron chi connectivity index (χ4n) is 6.64. The predicted octanol–water partition coefficient (Wildman–Crippen LogP) is 2.73. The summed E-state index contributed by atoms with van der Waals surface area (Å²) in [6, 6.07) is 6.01. The van der Waals surface area contributed by atoms with Gasteiger partial charge in [-0.25, -0.2) is 8.42 Å². The highest BCUT2D eigenvalue weighted by Crippen LogP contribution is 2.55. The topological polar surface area (TPSA) is 83.8 Å². The Morgan fingerprint density at radius 1 is 0.929 bits per heavy atom. The number of benzene rings is 1. The van der Waals surface area contributed by atoms with Crippen LogP contribution in [0.25, 0.3) is 0 Å². The third-order valence-electron chi connectivity index (χ3n) is 7.54. The molecule has 5 aliphatic rings. The van der Waals surface area contributed by atoms with Gasteiger partial charge in [-0.05, 0) is 61.8 Å². The van der Waals surface area contributed by atoms with Crippen LogP contribution in [0.4, 0.5) is 5.69 Å². The third-order valence-corrected chi connectivity index (χ3v) is 9.43. The summed E-state index contributed by atoms with van der Waals surface area (Å²) in [5.74, 6) is 3.48. The molecule has 5 fully saturated rings. The normalized spacial score (nSPS) is 35.9. The monoisotopic (exact) mass is 405 g/mol. The Hall–Kier alpha value is -1.51. The summed E-state index contributed by atoms with van der Waals surface area (Å²) in [5.41, 5.74) is -0.187. The first kappa shape index (κ1) is 18.5. The molecule has 4 bridgehead atoms. The minimum Gasteiger partial charge on any atom is -0.297 e. The van der Waals surface area contributed by atoms with Crippen LogP contribution in [0, 0.1) is 33.8 Å². The van der Waals surface area contributed by atoms with Gasteiger partial charge in [-0.15, -0.1) is 0 Å². The van der Waals surface area contributed by atoms with Crippen molar-refractivity contribution in [3.8, 4) is 0 Å². The zero-order valence-corrected chi connectivity index (χ0v) is 16.8. The van der Waals surface area contributed by atoms with Gasteiger partial charge in [0.2, 0.25) is 10.0 Å². The quantitative estimate of drug-likeness (QED) is 0.568. The smallest absolute Gasteiger partial charge is 0.270 e. The highest BCUT2D eigenvalue weighted by Gasteiger charge is 2.50. The van der Waals surface area contributed by atoms with E-state index in [1.165, 1.54) is 60.7 Å². The van der Waals surface area contributed by atoms with E-state index < -0.39 is 14.9 Å². The first-order chi connectivity index (χ1) is 13.4.